The minimum Gasteiger partial charge on any atom is -0.497 e. The van der Waals surface area contributed by atoms with Gasteiger partial charge in [-0.25, -0.2) is 8.42 Å². The van der Waals surface area contributed by atoms with E-state index < -0.39 is 28.5 Å². The Morgan fingerprint density at radius 3 is 2.17 bits per heavy atom. The second-order valence-corrected chi connectivity index (χ2v) is 13.0. The first-order valence-electron chi connectivity index (χ1n) is 14.2. The fourth-order valence-corrected chi connectivity index (χ4v) is 6.59. The normalized spacial score (nSPS) is 14.6. The number of halogens is 1. The minimum atomic E-state index is -4.18. The van der Waals surface area contributed by atoms with E-state index in [0.717, 1.165) is 47.5 Å². The Morgan fingerprint density at radius 2 is 1.57 bits per heavy atom. The molecule has 2 amide bonds. The highest BCUT2D eigenvalue weighted by atomic mass is 35.5. The number of sulfonamides is 1. The third kappa shape index (κ3) is 7.83. The summed E-state index contributed by atoms with van der Waals surface area (Å²) in [6, 6.07) is 19.2. The number of benzene rings is 3. The molecule has 0 heterocycles. The molecule has 1 fully saturated rings. The molecule has 1 aliphatic rings. The van der Waals surface area contributed by atoms with Gasteiger partial charge >= 0.3 is 0 Å². The van der Waals surface area contributed by atoms with Crippen LogP contribution in [0.5, 0.6) is 5.75 Å². The highest BCUT2D eigenvalue weighted by Gasteiger charge is 2.33. The summed E-state index contributed by atoms with van der Waals surface area (Å²) in [5.41, 5.74) is 2.18. The number of aryl methyl sites for hydroxylation is 1. The summed E-state index contributed by atoms with van der Waals surface area (Å²) < 4.78 is 34.1. The molecule has 10 heteroatoms. The Labute approximate surface area is 253 Å². The van der Waals surface area contributed by atoms with Crippen LogP contribution in [0.15, 0.2) is 77.7 Å². The number of hydrogen-bond acceptors (Lipinski definition) is 5. The lowest BCUT2D eigenvalue weighted by molar-refractivity contribution is -0.139. The van der Waals surface area contributed by atoms with E-state index in [1.165, 1.54) is 24.1 Å². The molecule has 1 atom stereocenters. The van der Waals surface area contributed by atoms with Crippen LogP contribution in [0.1, 0.15) is 50.2 Å². The molecule has 8 nitrogen and oxygen atoms in total. The predicted octanol–water partition coefficient (Wildman–Crippen LogP) is 5.72. The van der Waals surface area contributed by atoms with E-state index in [0.29, 0.717) is 10.8 Å². The lowest BCUT2D eigenvalue weighted by atomic mass is 9.95. The van der Waals surface area contributed by atoms with Crippen molar-refractivity contribution in [1.29, 1.82) is 0 Å². The Balaban J connectivity index is 1.66. The first-order valence-corrected chi connectivity index (χ1v) is 16.0. The summed E-state index contributed by atoms with van der Waals surface area (Å²) in [7, 11) is -2.68. The average Bonchev–Trinajstić information content (AvgIpc) is 3.00. The summed E-state index contributed by atoms with van der Waals surface area (Å²) in [4.78, 5) is 28.9. The van der Waals surface area contributed by atoms with Crippen molar-refractivity contribution in [2.75, 3.05) is 18.0 Å². The second kappa shape index (κ2) is 14.1. The van der Waals surface area contributed by atoms with Gasteiger partial charge in [0, 0.05) is 17.6 Å². The number of nitrogens with zero attached hydrogens (tertiary/aromatic N) is 2. The number of hydrogen-bond donors (Lipinski definition) is 1. The predicted molar refractivity (Wildman–Crippen MR) is 165 cm³/mol. The Bertz CT molecular complexity index is 1460. The molecule has 1 aliphatic carbocycles. The molecule has 0 unspecified atom stereocenters. The molecule has 3 aromatic carbocycles. The number of anilines is 1. The number of carbonyl (C=O) groups excluding carboxylic acids is 2. The van der Waals surface area contributed by atoms with Gasteiger partial charge in [0.05, 0.1) is 17.7 Å². The zero-order valence-corrected chi connectivity index (χ0v) is 25.8. The van der Waals surface area contributed by atoms with E-state index in [9.17, 15) is 18.0 Å². The lowest BCUT2D eigenvalue weighted by Gasteiger charge is -2.33. The van der Waals surface area contributed by atoms with Gasteiger partial charge in [-0.1, -0.05) is 60.7 Å². The smallest absolute Gasteiger partial charge is 0.264 e. The number of methoxy groups -OCH3 is 1. The molecule has 1 N–H and O–H groups in total. The van der Waals surface area contributed by atoms with E-state index in [4.69, 9.17) is 16.3 Å². The first-order chi connectivity index (χ1) is 20.1. The van der Waals surface area contributed by atoms with Gasteiger partial charge in [-0.15, -0.1) is 0 Å². The van der Waals surface area contributed by atoms with Crippen LogP contribution in [-0.2, 0) is 26.2 Å². The maximum absolute atomic E-state index is 14.1. The zero-order valence-electron chi connectivity index (χ0n) is 24.3. The fourth-order valence-electron chi connectivity index (χ4n) is 5.05. The summed E-state index contributed by atoms with van der Waals surface area (Å²) in [6.45, 7) is 3.30. The summed E-state index contributed by atoms with van der Waals surface area (Å²) in [5.74, 6) is -0.252. The molecule has 0 radical (unpaired) electrons. The largest absolute Gasteiger partial charge is 0.497 e. The number of carbonyl (C=O) groups is 2. The first kappa shape index (κ1) is 31.4. The topological polar surface area (TPSA) is 96.0 Å². The maximum Gasteiger partial charge on any atom is 0.264 e. The zero-order chi connectivity index (χ0) is 30.3. The summed E-state index contributed by atoms with van der Waals surface area (Å²) in [6.07, 6.45) is 5.10. The maximum atomic E-state index is 14.1. The van der Waals surface area contributed by atoms with Crippen LogP contribution in [0.4, 0.5) is 5.69 Å². The fraction of sp³-hybridized carbons (Fsp3) is 0.375. The molecule has 0 saturated heterocycles. The Hall–Kier alpha value is -3.56. The van der Waals surface area contributed by atoms with Gasteiger partial charge in [-0.3, -0.25) is 13.9 Å². The standard InChI is InChI=1S/C32H38ClN3O5S/c1-23-9-11-25(12-10-23)21-35(24(2)32(38)34-27-7-5-4-6-8-27)31(37)22-36(28-15-13-26(33)14-16-28)42(39,40)30-19-17-29(41-3)18-20-30/h9-20,24,27H,4-8,21-22H2,1-3H3,(H,34,38)/t24-/m0/s1. The highest BCUT2D eigenvalue weighted by molar-refractivity contribution is 7.92. The van der Waals surface area contributed by atoms with Crippen molar-refractivity contribution in [3.05, 3.63) is 88.9 Å². The van der Waals surface area contributed by atoms with Crippen LogP contribution in [-0.4, -0.2) is 50.9 Å². The number of rotatable bonds is 11. The Morgan fingerprint density at radius 1 is 0.952 bits per heavy atom. The quantitative estimate of drug-likeness (QED) is 0.299. The van der Waals surface area contributed by atoms with Crippen molar-refractivity contribution in [2.45, 2.75) is 69.5 Å². The van der Waals surface area contributed by atoms with Crippen LogP contribution in [0.3, 0.4) is 0 Å². The monoisotopic (exact) mass is 611 g/mol. The van der Waals surface area contributed by atoms with Gasteiger partial charge in [0.1, 0.15) is 18.3 Å². The van der Waals surface area contributed by atoms with Crippen LogP contribution < -0.4 is 14.4 Å². The van der Waals surface area contributed by atoms with E-state index in [1.54, 1.807) is 43.3 Å². The highest BCUT2D eigenvalue weighted by Crippen LogP contribution is 2.27. The molecule has 0 aromatic heterocycles. The van der Waals surface area contributed by atoms with E-state index in [1.807, 2.05) is 31.2 Å². The summed E-state index contributed by atoms with van der Waals surface area (Å²) in [5, 5.41) is 3.55. The van der Waals surface area contributed by atoms with E-state index >= 15 is 0 Å². The number of ether oxygens (including phenoxy) is 1. The van der Waals surface area contributed by atoms with Crippen LogP contribution in [0.2, 0.25) is 5.02 Å². The Kier molecular flexibility index (Phi) is 10.5. The van der Waals surface area contributed by atoms with E-state index in [2.05, 4.69) is 5.32 Å². The molecule has 224 valence electrons. The van der Waals surface area contributed by atoms with Gasteiger partial charge in [0.25, 0.3) is 10.0 Å². The molecule has 1 saturated carbocycles. The van der Waals surface area contributed by atoms with Crippen LogP contribution in [0.25, 0.3) is 0 Å². The molecule has 42 heavy (non-hydrogen) atoms. The number of nitrogens with one attached hydrogen (secondary N) is 1. The lowest BCUT2D eigenvalue weighted by Crippen LogP contribution is -2.53. The van der Waals surface area contributed by atoms with Gasteiger partial charge in [0.2, 0.25) is 11.8 Å². The second-order valence-electron chi connectivity index (χ2n) is 10.7. The third-order valence-corrected chi connectivity index (χ3v) is 9.67. The van der Waals surface area contributed by atoms with E-state index in [-0.39, 0.29) is 29.1 Å². The molecular weight excluding hydrogens is 574 g/mol. The van der Waals surface area contributed by atoms with Crippen molar-refractivity contribution in [3.8, 4) is 5.75 Å². The van der Waals surface area contributed by atoms with Gasteiger partial charge in [0.15, 0.2) is 0 Å². The van der Waals surface area contributed by atoms with Crippen molar-refractivity contribution in [2.24, 2.45) is 0 Å². The molecule has 0 spiro atoms. The average molecular weight is 612 g/mol. The number of amides is 2. The van der Waals surface area contributed by atoms with Crippen molar-refractivity contribution in [1.82, 2.24) is 10.2 Å². The molecule has 0 aliphatic heterocycles. The molecular formula is C32H38ClN3O5S. The molecule has 4 rings (SSSR count). The van der Waals surface area contributed by atoms with Crippen molar-refractivity contribution < 1.29 is 22.7 Å². The molecule has 0 bridgehead atoms. The van der Waals surface area contributed by atoms with Gasteiger partial charge < -0.3 is 15.0 Å². The SMILES string of the molecule is COc1ccc(S(=O)(=O)N(CC(=O)N(Cc2ccc(C)cc2)[C@@H](C)C(=O)NC2CCCCC2)c2ccc(Cl)cc2)cc1. The van der Waals surface area contributed by atoms with Crippen molar-refractivity contribution >= 4 is 39.1 Å². The minimum absolute atomic E-state index is 0.000718. The van der Waals surface area contributed by atoms with Crippen LogP contribution >= 0.6 is 11.6 Å². The summed E-state index contributed by atoms with van der Waals surface area (Å²) >= 11 is 6.09. The van der Waals surface area contributed by atoms with Gasteiger partial charge in [-0.05, 0) is 80.8 Å². The van der Waals surface area contributed by atoms with Crippen LogP contribution in [0, 0.1) is 6.92 Å². The van der Waals surface area contributed by atoms with Crippen molar-refractivity contribution in [3.63, 3.8) is 0 Å². The molecule has 3 aromatic rings. The van der Waals surface area contributed by atoms with Gasteiger partial charge in [-0.2, -0.15) is 0 Å². The third-order valence-electron chi connectivity index (χ3n) is 7.63.